The van der Waals surface area contributed by atoms with Crippen LogP contribution in [-0.4, -0.2) is 24.8 Å². The van der Waals surface area contributed by atoms with Crippen molar-refractivity contribution in [2.75, 3.05) is 6.61 Å². The van der Waals surface area contributed by atoms with E-state index in [2.05, 4.69) is 5.10 Å². The van der Waals surface area contributed by atoms with Gasteiger partial charge in [-0.15, -0.1) is 0 Å². The number of hydrogen-bond donors (Lipinski definition) is 0. The Hall–Kier alpha value is -3.01. The van der Waals surface area contributed by atoms with Gasteiger partial charge in [-0.2, -0.15) is 26.7 Å². The fourth-order valence-corrected chi connectivity index (χ4v) is 3.96. The first-order valence-electron chi connectivity index (χ1n) is 8.65. The Bertz CT molecular complexity index is 1140. The van der Waals surface area contributed by atoms with E-state index < -0.39 is 21.9 Å². The van der Waals surface area contributed by atoms with Gasteiger partial charge in [-0.05, 0) is 48.7 Å². The minimum atomic E-state index is -4.60. The second-order valence-electron chi connectivity index (χ2n) is 6.39. The molecule has 1 aliphatic rings. The van der Waals surface area contributed by atoms with Crippen molar-refractivity contribution in [1.29, 1.82) is 0 Å². The van der Waals surface area contributed by atoms with Gasteiger partial charge in [-0.25, -0.2) is 4.68 Å². The van der Waals surface area contributed by atoms with Crippen LogP contribution < -0.4 is 8.92 Å². The molecule has 10 heteroatoms. The molecular formula is C19H15F3N2O4S. The van der Waals surface area contributed by atoms with E-state index in [9.17, 15) is 21.6 Å². The van der Waals surface area contributed by atoms with Gasteiger partial charge < -0.3 is 8.92 Å². The quantitative estimate of drug-likeness (QED) is 0.593. The van der Waals surface area contributed by atoms with Crippen LogP contribution in [0.1, 0.15) is 17.5 Å². The van der Waals surface area contributed by atoms with Crippen LogP contribution in [0, 0.1) is 0 Å². The van der Waals surface area contributed by atoms with Gasteiger partial charge in [-0.1, -0.05) is 6.07 Å². The molecule has 0 amide bonds. The van der Waals surface area contributed by atoms with Crippen molar-refractivity contribution < 1.29 is 30.5 Å². The minimum absolute atomic E-state index is 0.149. The minimum Gasteiger partial charge on any atom is -0.493 e. The molecule has 152 valence electrons. The first-order valence-corrected chi connectivity index (χ1v) is 10.1. The SMILES string of the molecule is O=S(=O)(Oc1ccc(C(F)(F)F)cc1-n1cccn1)c1ccc2c(c1)OCCC2. The van der Waals surface area contributed by atoms with Gasteiger partial charge >= 0.3 is 16.3 Å². The van der Waals surface area contributed by atoms with E-state index in [0.717, 1.165) is 41.3 Å². The number of ether oxygens (including phenoxy) is 1. The number of fused-ring (bicyclic) bond motifs is 1. The third-order valence-corrected chi connectivity index (χ3v) is 5.64. The zero-order valence-electron chi connectivity index (χ0n) is 14.9. The molecule has 1 aromatic heterocycles. The lowest BCUT2D eigenvalue weighted by Gasteiger charge is -2.18. The second kappa shape index (κ2) is 7.11. The van der Waals surface area contributed by atoms with E-state index in [1.54, 1.807) is 6.07 Å². The van der Waals surface area contributed by atoms with Gasteiger partial charge in [0.1, 0.15) is 16.3 Å². The number of halogens is 3. The molecule has 0 bridgehead atoms. The largest absolute Gasteiger partial charge is 0.493 e. The van der Waals surface area contributed by atoms with E-state index in [1.165, 1.54) is 30.6 Å². The van der Waals surface area contributed by atoms with Crippen molar-refractivity contribution >= 4 is 10.1 Å². The van der Waals surface area contributed by atoms with E-state index in [0.29, 0.717) is 12.4 Å². The molecule has 0 fully saturated rings. The maximum Gasteiger partial charge on any atom is 0.416 e. The van der Waals surface area contributed by atoms with Crippen molar-refractivity contribution in [3.05, 3.63) is 66.0 Å². The summed E-state index contributed by atoms with van der Waals surface area (Å²) in [5.74, 6) is 0.181. The average molecular weight is 424 g/mol. The van der Waals surface area contributed by atoms with Crippen molar-refractivity contribution in [3.8, 4) is 17.2 Å². The number of benzene rings is 2. The van der Waals surface area contributed by atoms with Crippen molar-refractivity contribution in [1.82, 2.24) is 9.78 Å². The summed E-state index contributed by atoms with van der Waals surface area (Å²) in [5.41, 5.74) is -0.209. The molecule has 6 nitrogen and oxygen atoms in total. The van der Waals surface area contributed by atoms with Crippen LogP contribution in [0.2, 0.25) is 0 Å². The molecule has 0 aliphatic carbocycles. The van der Waals surface area contributed by atoms with E-state index >= 15 is 0 Å². The Balaban J connectivity index is 1.73. The summed E-state index contributed by atoms with van der Waals surface area (Å²) in [6.07, 6.45) is -0.233. The highest BCUT2D eigenvalue weighted by Gasteiger charge is 2.32. The summed E-state index contributed by atoms with van der Waals surface area (Å²) in [4.78, 5) is -0.149. The van der Waals surface area contributed by atoms with Crippen LogP contribution in [0.5, 0.6) is 11.5 Å². The molecule has 3 aromatic rings. The predicted molar refractivity (Wildman–Crippen MR) is 96.6 cm³/mol. The van der Waals surface area contributed by atoms with Crippen molar-refractivity contribution in [2.45, 2.75) is 23.9 Å². The lowest BCUT2D eigenvalue weighted by Crippen LogP contribution is -2.14. The predicted octanol–water partition coefficient (Wildman–Crippen LogP) is 3.98. The molecule has 0 unspecified atom stereocenters. The van der Waals surface area contributed by atoms with Crippen LogP contribution >= 0.6 is 0 Å². The molecule has 2 aromatic carbocycles. The van der Waals surface area contributed by atoms with Crippen molar-refractivity contribution in [2.24, 2.45) is 0 Å². The average Bonchev–Trinajstić information content (AvgIpc) is 3.21. The summed E-state index contributed by atoms with van der Waals surface area (Å²) in [6.45, 7) is 0.486. The zero-order valence-corrected chi connectivity index (χ0v) is 15.7. The van der Waals surface area contributed by atoms with Gasteiger partial charge in [0.2, 0.25) is 0 Å². The summed E-state index contributed by atoms with van der Waals surface area (Å²) >= 11 is 0. The molecule has 0 spiro atoms. The third-order valence-electron chi connectivity index (χ3n) is 4.41. The molecule has 0 radical (unpaired) electrons. The maximum atomic E-state index is 13.1. The van der Waals surface area contributed by atoms with Gasteiger partial charge in [0.25, 0.3) is 0 Å². The van der Waals surface area contributed by atoms with Crippen molar-refractivity contribution in [3.63, 3.8) is 0 Å². The molecule has 2 heterocycles. The lowest BCUT2D eigenvalue weighted by molar-refractivity contribution is -0.137. The number of aromatic nitrogens is 2. The monoisotopic (exact) mass is 424 g/mol. The Labute approximate surface area is 164 Å². The summed E-state index contributed by atoms with van der Waals surface area (Å²) < 4.78 is 76.6. The number of hydrogen-bond acceptors (Lipinski definition) is 5. The Morgan fingerprint density at radius 1 is 1.14 bits per heavy atom. The van der Waals surface area contributed by atoms with Crippen LogP contribution in [0.4, 0.5) is 13.2 Å². The first kappa shape index (κ1) is 19.3. The smallest absolute Gasteiger partial charge is 0.416 e. The lowest BCUT2D eigenvalue weighted by atomic mass is 10.1. The van der Waals surface area contributed by atoms with Crippen LogP contribution in [0.25, 0.3) is 5.69 Å². The fraction of sp³-hybridized carbons (Fsp3) is 0.211. The van der Waals surface area contributed by atoms with Crippen LogP contribution in [0.3, 0.4) is 0 Å². The van der Waals surface area contributed by atoms with E-state index in [1.807, 2.05) is 0 Å². The number of aryl methyl sites for hydroxylation is 1. The second-order valence-corrected chi connectivity index (χ2v) is 7.94. The first-order chi connectivity index (χ1) is 13.7. The standard InChI is InChI=1S/C19H15F3N2O4S/c20-19(21,22)14-5-7-17(16(11-14)24-9-2-8-23-24)28-29(25,26)15-6-4-13-3-1-10-27-18(13)12-15/h2,4-9,11-12H,1,3,10H2. The van der Waals surface area contributed by atoms with Gasteiger partial charge in [0.05, 0.1) is 12.2 Å². The number of nitrogens with zero attached hydrogens (tertiary/aromatic N) is 2. The van der Waals surface area contributed by atoms with Gasteiger partial charge in [0.15, 0.2) is 5.75 Å². The summed E-state index contributed by atoms with van der Waals surface area (Å²) in [5, 5.41) is 3.89. The van der Waals surface area contributed by atoms with Crippen LogP contribution in [-0.2, 0) is 22.7 Å². The Kier molecular flexibility index (Phi) is 4.73. The third kappa shape index (κ3) is 3.93. The summed E-state index contributed by atoms with van der Waals surface area (Å²) in [6, 6.07) is 8.40. The molecular weight excluding hydrogens is 409 g/mol. The molecule has 4 rings (SSSR count). The van der Waals surface area contributed by atoms with Crippen LogP contribution in [0.15, 0.2) is 59.8 Å². The van der Waals surface area contributed by atoms with Gasteiger partial charge in [0, 0.05) is 18.5 Å². The number of rotatable bonds is 4. The molecule has 1 aliphatic heterocycles. The number of alkyl halides is 3. The highest BCUT2D eigenvalue weighted by Crippen LogP contribution is 2.35. The normalized spacial score (nSPS) is 14.2. The summed E-state index contributed by atoms with van der Waals surface area (Å²) in [7, 11) is -4.31. The maximum absolute atomic E-state index is 13.1. The van der Waals surface area contributed by atoms with E-state index in [4.69, 9.17) is 8.92 Å². The molecule has 0 N–H and O–H groups in total. The molecule has 29 heavy (non-hydrogen) atoms. The molecule has 0 saturated carbocycles. The van der Waals surface area contributed by atoms with Gasteiger partial charge in [-0.3, -0.25) is 0 Å². The molecule has 0 atom stereocenters. The Morgan fingerprint density at radius 2 is 1.97 bits per heavy atom. The molecule has 0 saturated heterocycles. The highest BCUT2D eigenvalue weighted by molar-refractivity contribution is 7.87. The fourth-order valence-electron chi connectivity index (χ4n) is 3.00. The zero-order chi connectivity index (χ0) is 20.6. The van der Waals surface area contributed by atoms with E-state index in [-0.39, 0.29) is 16.3 Å². The Morgan fingerprint density at radius 3 is 2.69 bits per heavy atom. The topological polar surface area (TPSA) is 70.4 Å². The highest BCUT2D eigenvalue weighted by atomic mass is 32.2.